The molecule has 1 aromatic rings. The third kappa shape index (κ3) is 2.67. The molecular weight excluding hydrogens is 212 g/mol. The van der Waals surface area contributed by atoms with Crippen molar-refractivity contribution in [3.8, 4) is 0 Å². The second-order valence-corrected chi connectivity index (χ2v) is 4.70. The molecule has 1 fully saturated rings. The molecule has 92 valence electrons. The van der Waals surface area contributed by atoms with Gasteiger partial charge < -0.3 is 11.1 Å². The van der Waals surface area contributed by atoms with Crippen molar-refractivity contribution in [1.29, 1.82) is 0 Å². The Morgan fingerprint density at radius 1 is 1.41 bits per heavy atom. The number of nitrogens with one attached hydrogen (secondary N) is 1. The second kappa shape index (κ2) is 5.32. The Labute approximate surface area is 102 Å². The van der Waals surface area contributed by atoms with Crippen LogP contribution in [0.4, 0.5) is 5.69 Å². The van der Waals surface area contributed by atoms with Crippen LogP contribution in [0.5, 0.6) is 0 Å². The first kappa shape index (κ1) is 12.1. The number of nitrogens with two attached hydrogens (primary N) is 1. The fourth-order valence-corrected chi connectivity index (χ4v) is 2.49. The van der Waals surface area contributed by atoms with E-state index in [1.807, 2.05) is 24.3 Å². The summed E-state index contributed by atoms with van der Waals surface area (Å²) in [6.45, 7) is 2.09. The van der Waals surface area contributed by atoms with Crippen molar-refractivity contribution in [1.82, 2.24) is 0 Å². The Balaban J connectivity index is 2.07. The highest BCUT2D eigenvalue weighted by atomic mass is 16.1. The van der Waals surface area contributed by atoms with Crippen molar-refractivity contribution in [3.05, 3.63) is 29.8 Å². The molecule has 1 saturated carbocycles. The summed E-state index contributed by atoms with van der Waals surface area (Å²) in [5.74, 6) is 0.0656. The molecule has 1 amide bonds. The zero-order valence-electron chi connectivity index (χ0n) is 10.3. The summed E-state index contributed by atoms with van der Waals surface area (Å²) in [5.41, 5.74) is 8.05. The van der Waals surface area contributed by atoms with Gasteiger partial charge >= 0.3 is 0 Å². The minimum Gasteiger partial charge on any atom is -0.327 e. The zero-order valence-corrected chi connectivity index (χ0v) is 10.3. The third-order valence-electron chi connectivity index (χ3n) is 3.56. The predicted molar refractivity (Wildman–Crippen MR) is 69.8 cm³/mol. The molecule has 0 bridgehead atoms. The molecule has 0 saturated heterocycles. The Morgan fingerprint density at radius 3 is 2.82 bits per heavy atom. The number of amides is 1. The molecule has 1 aliphatic carbocycles. The smallest absolute Gasteiger partial charge is 0.229 e. The van der Waals surface area contributed by atoms with Gasteiger partial charge in [0, 0.05) is 11.7 Å². The first-order valence-electron chi connectivity index (χ1n) is 6.36. The first-order chi connectivity index (χ1) is 8.22. The van der Waals surface area contributed by atoms with Crippen molar-refractivity contribution in [3.63, 3.8) is 0 Å². The van der Waals surface area contributed by atoms with Gasteiger partial charge in [0.25, 0.3) is 0 Å². The number of anilines is 1. The molecule has 0 radical (unpaired) electrons. The number of rotatable bonds is 3. The molecule has 0 heterocycles. The van der Waals surface area contributed by atoms with Crippen LogP contribution in [0, 0.1) is 5.92 Å². The lowest BCUT2D eigenvalue weighted by atomic mass is 10.0. The Bertz CT molecular complexity index is 403. The van der Waals surface area contributed by atoms with Crippen LogP contribution in [-0.2, 0) is 11.2 Å². The molecule has 1 aromatic carbocycles. The van der Waals surface area contributed by atoms with Gasteiger partial charge in [-0.05, 0) is 30.9 Å². The van der Waals surface area contributed by atoms with Crippen LogP contribution in [0.1, 0.15) is 31.7 Å². The number of hydrogen-bond acceptors (Lipinski definition) is 2. The maximum absolute atomic E-state index is 12.1. The largest absolute Gasteiger partial charge is 0.327 e. The first-order valence-corrected chi connectivity index (χ1v) is 6.36. The maximum atomic E-state index is 12.1. The van der Waals surface area contributed by atoms with E-state index in [4.69, 9.17) is 5.73 Å². The molecule has 2 atom stereocenters. The lowest BCUT2D eigenvalue weighted by Crippen LogP contribution is -2.34. The van der Waals surface area contributed by atoms with E-state index in [1.54, 1.807) is 0 Å². The molecule has 2 unspecified atom stereocenters. The normalized spacial score (nSPS) is 23.6. The van der Waals surface area contributed by atoms with Crippen molar-refractivity contribution in [2.24, 2.45) is 11.7 Å². The Hall–Kier alpha value is -1.35. The van der Waals surface area contributed by atoms with Gasteiger partial charge in [0.1, 0.15) is 0 Å². The van der Waals surface area contributed by atoms with Crippen molar-refractivity contribution >= 4 is 11.6 Å². The van der Waals surface area contributed by atoms with E-state index in [2.05, 4.69) is 12.2 Å². The van der Waals surface area contributed by atoms with E-state index in [0.717, 1.165) is 31.4 Å². The molecule has 3 heteroatoms. The maximum Gasteiger partial charge on any atom is 0.229 e. The summed E-state index contributed by atoms with van der Waals surface area (Å²) in [4.78, 5) is 12.1. The van der Waals surface area contributed by atoms with Gasteiger partial charge in [-0.3, -0.25) is 4.79 Å². The number of aryl methyl sites for hydroxylation is 1. The SMILES string of the molecule is CCc1ccccc1NC(=O)C1CCCC1N. The minimum atomic E-state index is -0.0140. The van der Waals surface area contributed by atoms with E-state index < -0.39 is 0 Å². The van der Waals surface area contributed by atoms with Crippen LogP contribution >= 0.6 is 0 Å². The number of carbonyl (C=O) groups is 1. The van der Waals surface area contributed by atoms with Crippen LogP contribution in [0.15, 0.2) is 24.3 Å². The van der Waals surface area contributed by atoms with Crippen molar-refractivity contribution in [2.45, 2.75) is 38.6 Å². The van der Waals surface area contributed by atoms with E-state index in [-0.39, 0.29) is 17.9 Å². The average Bonchev–Trinajstić information content (AvgIpc) is 2.76. The van der Waals surface area contributed by atoms with Crippen LogP contribution in [0.25, 0.3) is 0 Å². The lowest BCUT2D eigenvalue weighted by molar-refractivity contribution is -0.120. The van der Waals surface area contributed by atoms with E-state index in [0.29, 0.717) is 0 Å². The van der Waals surface area contributed by atoms with Crippen molar-refractivity contribution < 1.29 is 4.79 Å². The average molecular weight is 232 g/mol. The molecule has 3 nitrogen and oxygen atoms in total. The fraction of sp³-hybridized carbons (Fsp3) is 0.500. The summed E-state index contributed by atoms with van der Waals surface area (Å²) in [6.07, 6.45) is 3.87. The summed E-state index contributed by atoms with van der Waals surface area (Å²) in [7, 11) is 0. The molecule has 0 spiro atoms. The molecule has 17 heavy (non-hydrogen) atoms. The molecule has 3 N–H and O–H groups in total. The van der Waals surface area contributed by atoms with Crippen LogP contribution in [0.2, 0.25) is 0 Å². The highest BCUT2D eigenvalue weighted by Crippen LogP contribution is 2.26. The quantitative estimate of drug-likeness (QED) is 0.840. The van der Waals surface area contributed by atoms with Gasteiger partial charge in [-0.25, -0.2) is 0 Å². The van der Waals surface area contributed by atoms with Gasteiger partial charge in [-0.2, -0.15) is 0 Å². The summed E-state index contributed by atoms with van der Waals surface area (Å²) < 4.78 is 0. The molecule has 2 rings (SSSR count). The van der Waals surface area contributed by atoms with E-state index in [1.165, 1.54) is 5.56 Å². The van der Waals surface area contributed by atoms with Crippen LogP contribution in [-0.4, -0.2) is 11.9 Å². The van der Waals surface area contributed by atoms with Gasteiger partial charge in [-0.15, -0.1) is 0 Å². The minimum absolute atomic E-state index is 0.0140. The van der Waals surface area contributed by atoms with E-state index in [9.17, 15) is 4.79 Å². The number of benzene rings is 1. The highest BCUT2D eigenvalue weighted by Gasteiger charge is 2.30. The number of carbonyl (C=O) groups excluding carboxylic acids is 1. The molecule has 1 aliphatic rings. The lowest BCUT2D eigenvalue weighted by Gasteiger charge is -2.16. The van der Waals surface area contributed by atoms with Crippen LogP contribution < -0.4 is 11.1 Å². The second-order valence-electron chi connectivity index (χ2n) is 4.70. The number of hydrogen-bond donors (Lipinski definition) is 2. The third-order valence-corrected chi connectivity index (χ3v) is 3.56. The standard InChI is InChI=1S/C14H20N2O/c1-2-10-6-3-4-9-13(10)16-14(17)11-7-5-8-12(11)15/h3-4,6,9,11-12H,2,5,7-8,15H2,1H3,(H,16,17). The summed E-state index contributed by atoms with van der Waals surface area (Å²) >= 11 is 0. The topological polar surface area (TPSA) is 55.1 Å². The predicted octanol–water partition coefficient (Wildman–Crippen LogP) is 2.31. The van der Waals surface area contributed by atoms with Gasteiger partial charge in [0.05, 0.1) is 5.92 Å². The highest BCUT2D eigenvalue weighted by molar-refractivity contribution is 5.93. The summed E-state index contributed by atoms with van der Waals surface area (Å²) in [6, 6.07) is 7.98. The Kier molecular flexibility index (Phi) is 3.79. The summed E-state index contributed by atoms with van der Waals surface area (Å²) in [5, 5.41) is 3.01. The van der Waals surface area contributed by atoms with Crippen molar-refractivity contribution in [2.75, 3.05) is 5.32 Å². The molecule has 0 aliphatic heterocycles. The fourth-order valence-electron chi connectivity index (χ4n) is 2.49. The van der Waals surface area contributed by atoms with Gasteiger partial charge in [0.15, 0.2) is 0 Å². The number of para-hydroxylation sites is 1. The molecule has 0 aromatic heterocycles. The molecular formula is C14H20N2O. The van der Waals surface area contributed by atoms with E-state index >= 15 is 0 Å². The Morgan fingerprint density at radius 2 is 2.18 bits per heavy atom. The van der Waals surface area contributed by atoms with Gasteiger partial charge in [-0.1, -0.05) is 31.5 Å². The zero-order chi connectivity index (χ0) is 12.3. The monoisotopic (exact) mass is 232 g/mol. The van der Waals surface area contributed by atoms with Crippen LogP contribution in [0.3, 0.4) is 0 Å². The van der Waals surface area contributed by atoms with Gasteiger partial charge in [0.2, 0.25) is 5.91 Å².